The molecule has 2 fully saturated rings. The Labute approximate surface area is 207 Å². The number of ether oxygens (including phenoxy) is 2. The van der Waals surface area contributed by atoms with E-state index >= 15 is 0 Å². The summed E-state index contributed by atoms with van der Waals surface area (Å²) in [6.45, 7) is 4.21. The summed E-state index contributed by atoms with van der Waals surface area (Å²) in [6, 6.07) is 11.0. The van der Waals surface area contributed by atoms with Crippen LogP contribution in [0.25, 0.3) is 0 Å². The molecule has 10 heteroatoms. The summed E-state index contributed by atoms with van der Waals surface area (Å²) in [5.74, 6) is -0.689. The van der Waals surface area contributed by atoms with Crippen LogP contribution in [0.15, 0.2) is 42.1 Å². The number of nitrogens with zero attached hydrogens (tertiary/aromatic N) is 2. The number of nitriles is 1. The Morgan fingerprint density at radius 3 is 2.76 bits per heavy atom. The summed E-state index contributed by atoms with van der Waals surface area (Å²) in [7, 11) is 0. The Bertz CT molecular complexity index is 1150. The molecule has 0 aliphatic carbocycles. The van der Waals surface area contributed by atoms with Crippen molar-refractivity contribution in [1.82, 2.24) is 5.32 Å². The van der Waals surface area contributed by atoms with Gasteiger partial charge in [0.05, 0.1) is 35.1 Å². The minimum Gasteiger partial charge on any atom is -0.379 e. The lowest BCUT2D eigenvalue weighted by Crippen LogP contribution is -2.57. The van der Waals surface area contributed by atoms with Crippen LogP contribution < -0.4 is 15.5 Å². The fraction of sp³-hybridized carbons (Fsp3) is 0.375. The highest BCUT2D eigenvalue weighted by Gasteiger charge is 2.44. The largest absolute Gasteiger partial charge is 0.379 e. The number of hydrogen-bond acceptors (Lipinski definition) is 7. The Morgan fingerprint density at radius 2 is 2.09 bits per heavy atom. The van der Waals surface area contributed by atoms with Crippen LogP contribution in [-0.4, -0.2) is 50.3 Å². The maximum Gasteiger partial charge on any atom is 0.262 e. The second kappa shape index (κ2) is 10.6. The van der Waals surface area contributed by atoms with E-state index in [2.05, 4.69) is 21.6 Å². The molecular weight excluding hydrogens is 476 g/mol. The SMILES string of the molecule is Cc1cc(NC(=O)C2(NC(=O)c3ccc(Cl)s3)CCOC2)ccc1N1CCOCC/C1=C\C#N. The number of rotatable bonds is 5. The van der Waals surface area contributed by atoms with Gasteiger partial charge in [0.2, 0.25) is 0 Å². The van der Waals surface area contributed by atoms with E-state index in [0.717, 1.165) is 28.3 Å². The van der Waals surface area contributed by atoms with Gasteiger partial charge in [0, 0.05) is 49.1 Å². The number of nitrogens with one attached hydrogen (secondary N) is 2. The standard InChI is InChI=1S/C24H25ClN4O4S/c1-16-14-17(2-3-19(16)29-10-13-32-11-7-18(29)6-9-26)27-23(31)24(8-12-33-15-24)28-22(30)20-4-5-21(25)34-20/h2-6,14H,7-8,10-13,15H2,1H3,(H,27,31)(H,28,30)/b18-6+. The number of aryl methyl sites for hydroxylation is 1. The van der Waals surface area contributed by atoms with E-state index in [1.165, 1.54) is 0 Å². The first-order valence-electron chi connectivity index (χ1n) is 10.9. The maximum atomic E-state index is 13.3. The number of thiophene rings is 1. The predicted octanol–water partition coefficient (Wildman–Crippen LogP) is 3.87. The van der Waals surface area contributed by atoms with Gasteiger partial charge in [0.25, 0.3) is 11.8 Å². The van der Waals surface area contributed by atoms with Crippen molar-refractivity contribution < 1.29 is 19.1 Å². The number of hydrogen-bond donors (Lipinski definition) is 2. The third-order valence-electron chi connectivity index (χ3n) is 5.89. The van der Waals surface area contributed by atoms with Crippen LogP contribution in [0.5, 0.6) is 0 Å². The molecule has 2 aliphatic rings. The summed E-state index contributed by atoms with van der Waals surface area (Å²) in [6.07, 6.45) is 2.58. The number of carbonyl (C=O) groups is 2. The second-order valence-electron chi connectivity index (χ2n) is 8.18. The number of benzene rings is 1. The molecule has 8 nitrogen and oxygen atoms in total. The van der Waals surface area contributed by atoms with E-state index in [4.69, 9.17) is 26.3 Å². The maximum absolute atomic E-state index is 13.3. The fourth-order valence-corrected chi connectivity index (χ4v) is 5.05. The number of carbonyl (C=O) groups excluding carboxylic acids is 2. The van der Waals surface area contributed by atoms with Crippen molar-refractivity contribution in [3.05, 3.63) is 56.9 Å². The van der Waals surface area contributed by atoms with Crippen LogP contribution in [0.1, 0.15) is 28.1 Å². The molecule has 0 radical (unpaired) electrons. The lowest BCUT2D eigenvalue weighted by molar-refractivity contribution is -0.122. The first-order valence-corrected chi connectivity index (χ1v) is 12.1. The zero-order chi connectivity index (χ0) is 24.1. The highest BCUT2D eigenvalue weighted by Crippen LogP contribution is 2.30. The Kier molecular flexibility index (Phi) is 7.54. The molecule has 0 bridgehead atoms. The van der Waals surface area contributed by atoms with Gasteiger partial charge in [-0.2, -0.15) is 5.26 Å². The van der Waals surface area contributed by atoms with E-state index in [1.807, 2.05) is 25.1 Å². The Balaban J connectivity index is 1.51. The summed E-state index contributed by atoms with van der Waals surface area (Å²) < 4.78 is 11.6. The number of anilines is 2. The van der Waals surface area contributed by atoms with Crippen LogP contribution >= 0.6 is 22.9 Å². The van der Waals surface area contributed by atoms with E-state index in [-0.39, 0.29) is 18.4 Å². The molecule has 34 heavy (non-hydrogen) atoms. The zero-order valence-corrected chi connectivity index (χ0v) is 20.3. The molecule has 2 N–H and O–H groups in total. The minimum atomic E-state index is -1.16. The van der Waals surface area contributed by atoms with Crippen molar-refractivity contribution in [1.29, 1.82) is 5.26 Å². The molecule has 4 rings (SSSR count). The molecule has 1 atom stereocenters. The van der Waals surface area contributed by atoms with E-state index in [1.54, 1.807) is 18.2 Å². The van der Waals surface area contributed by atoms with Crippen LogP contribution in [0, 0.1) is 18.3 Å². The molecule has 2 amide bonds. The van der Waals surface area contributed by atoms with Crippen LogP contribution in [0.2, 0.25) is 4.34 Å². The molecule has 1 aromatic heterocycles. The first kappa shape index (κ1) is 24.2. The first-order chi connectivity index (χ1) is 16.4. The van der Waals surface area contributed by atoms with Crippen LogP contribution in [0.4, 0.5) is 11.4 Å². The quantitative estimate of drug-likeness (QED) is 0.604. The van der Waals surface area contributed by atoms with Crippen molar-refractivity contribution in [2.45, 2.75) is 25.3 Å². The topological polar surface area (TPSA) is 104 Å². The number of allylic oxidation sites excluding steroid dienone is 1. The number of halogens is 1. The van der Waals surface area contributed by atoms with Gasteiger partial charge in [0.15, 0.2) is 0 Å². The average Bonchev–Trinajstić information content (AvgIpc) is 3.40. The molecule has 2 saturated heterocycles. The summed E-state index contributed by atoms with van der Waals surface area (Å²) in [5.41, 5.74) is 2.25. The predicted molar refractivity (Wildman–Crippen MR) is 131 cm³/mol. The summed E-state index contributed by atoms with van der Waals surface area (Å²) in [5, 5.41) is 15.0. The minimum absolute atomic E-state index is 0.0941. The Hall–Kier alpha value is -2.90. The summed E-state index contributed by atoms with van der Waals surface area (Å²) in [4.78, 5) is 28.5. The normalized spacial score (nSPS) is 21.7. The van der Waals surface area contributed by atoms with Crippen molar-refractivity contribution in [3.8, 4) is 6.07 Å². The zero-order valence-electron chi connectivity index (χ0n) is 18.7. The molecule has 0 spiro atoms. The van der Waals surface area contributed by atoms with Crippen molar-refractivity contribution in [2.75, 3.05) is 43.2 Å². The van der Waals surface area contributed by atoms with Crippen molar-refractivity contribution >= 4 is 46.1 Å². The smallest absolute Gasteiger partial charge is 0.262 e. The van der Waals surface area contributed by atoms with Gasteiger partial charge in [-0.1, -0.05) is 11.6 Å². The van der Waals surface area contributed by atoms with E-state index < -0.39 is 5.54 Å². The van der Waals surface area contributed by atoms with Gasteiger partial charge in [0.1, 0.15) is 5.54 Å². The van der Waals surface area contributed by atoms with Gasteiger partial charge < -0.3 is 25.0 Å². The van der Waals surface area contributed by atoms with Gasteiger partial charge >= 0.3 is 0 Å². The van der Waals surface area contributed by atoms with Gasteiger partial charge in [-0.3, -0.25) is 9.59 Å². The molecule has 1 unspecified atom stereocenters. The molecular formula is C24H25ClN4O4S. The lowest BCUT2D eigenvalue weighted by Gasteiger charge is -2.28. The van der Waals surface area contributed by atoms with Crippen molar-refractivity contribution in [2.24, 2.45) is 0 Å². The van der Waals surface area contributed by atoms with Gasteiger partial charge in [-0.25, -0.2) is 0 Å². The highest BCUT2D eigenvalue weighted by molar-refractivity contribution is 7.18. The molecule has 2 aliphatic heterocycles. The highest BCUT2D eigenvalue weighted by atomic mass is 35.5. The fourth-order valence-electron chi connectivity index (χ4n) is 4.11. The summed E-state index contributed by atoms with van der Waals surface area (Å²) >= 11 is 7.11. The number of amides is 2. The average molecular weight is 501 g/mol. The van der Waals surface area contributed by atoms with E-state index in [0.29, 0.717) is 54.1 Å². The molecule has 0 saturated carbocycles. The van der Waals surface area contributed by atoms with Crippen LogP contribution in [-0.2, 0) is 14.3 Å². The molecule has 178 valence electrons. The van der Waals surface area contributed by atoms with Crippen LogP contribution in [0.3, 0.4) is 0 Å². The Morgan fingerprint density at radius 1 is 1.24 bits per heavy atom. The molecule has 2 aromatic rings. The second-order valence-corrected chi connectivity index (χ2v) is 9.89. The molecule has 1 aromatic carbocycles. The van der Waals surface area contributed by atoms with Gasteiger partial charge in [-0.05, 0) is 42.8 Å². The lowest BCUT2D eigenvalue weighted by atomic mass is 9.96. The third-order valence-corrected chi connectivity index (χ3v) is 7.12. The molecule has 3 heterocycles. The van der Waals surface area contributed by atoms with Crippen molar-refractivity contribution in [3.63, 3.8) is 0 Å². The monoisotopic (exact) mass is 500 g/mol. The van der Waals surface area contributed by atoms with Gasteiger partial charge in [-0.15, -0.1) is 11.3 Å². The third kappa shape index (κ3) is 5.26. The van der Waals surface area contributed by atoms with E-state index in [9.17, 15) is 9.59 Å².